The lowest BCUT2D eigenvalue weighted by molar-refractivity contribution is 0.627. The van der Waals surface area contributed by atoms with Crippen LogP contribution in [0.3, 0.4) is 0 Å². The van der Waals surface area contributed by atoms with Crippen LogP contribution in [0, 0.1) is 5.82 Å². The minimum atomic E-state index is -0.191. The summed E-state index contributed by atoms with van der Waals surface area (Å²) in [6.07, 6.45) is 3.52. The third-order valence-electron chi connectivity index (χ3n) is 1.99. The maximum absolute atomic E-state index is 12.6. The molecule has 2 rings (SSSR count). The van der Waals surface area contributed by atoms with Gasteiger partial charge in [0, 0.05) is 0 Å². The first-order valence-corrected chi connectivity index (χ1v) is 5.08. The highest BCUT2D eigenvalue weighted by atomic mass is 32.1. The molecule has 0 spiro atoms. The van der Waals surface area contributed by atoms with Crippen LogP contribution in [-0.2, 0) is 12.8 Å². The van der Waals surface area contributed by atoms with Gasteiger partial charge in [0.25, 0.3) is 0 Å². The van der Waals surface area contributed by atoms with Gasteiger partial charge >= 0.3 is 0 Å². The Labute approximate surface area is 85.7 Å². The first kappa shape index (κ1) is 9.27. The van der Waals surface area contributed by atoms with E-state index in [1.54, 1.807) is 18.3 Å². The van der Waals surface area contributed by atoms with Crippen molar-refractivity contribution in [2.75, 3.05) is 0 Å². The molecule has 72 valence electrons. The quantitative estimate of drug-likeness (QED) is 0.774. The maximum Gasteiger partial charge on any atom is 0.123 e. The van der Waals surface area contributed by atoms with Gasteiger partial charge in [0.15, 0.2) is 0 Å². The van der Waals surface area contributed by atoms with E-state index in [1.165, 1.54) is 23.9 Å². The summed E-state index contributed by atoms with van der Waals surface area (Å²) >= 11 is 1.22. The molecule has 1 aromatic heterocycles. The average Bonchev–Trinajstić information content (AvgIpc) is 2.70. The predicted molar refractivity (Wildman–Crippen MR) is 53.7 cm³/mol. The Hall–Kier alpha value is -1.29. The topological polar surface area (TPSA) is 25.8 Å². The zero-order valence-corrected chi connectivity index (χ0v) is 8.30. The van der Waals surface area contributed by atoms with Crippen LogP contribution in [0.4, 0.5) is 4.39 Å². The van der Waals surface area contributed by atoms with Gasteiger partial charge in [0.1, 0.15) is 5.82 Å². The van der Waals surface area contributed by atoms with Gasteiger partial charge in [-0.05, 0) is 30.5 Å². The molecule has 0 fully saturated rings. The monoisotopic (exact) mass is 208 g/mol. The van der Waals surface area contributed by atoms with Crippen LogP contribution >= 0.6 is 11.7 Å². The van der Waals surface area contributed by atoms with Gasteiger partial charge in [-0.15, -0.1) is 0 Å². The SMILES string of the molecule is Fc1ccc(CCc2cnsn2)cc1. The summed E-state index contributed by atoms with van der Waals surface area (Å²) in [5, 5.41) is 0. The van der Waals surface area contributed by atoms with Crippen molar-refractivity contribution in [1.82, 2.24) is 8.75 Å². The Morgan fingerprint density at radius 1 is 1.14 bits per heavy atom. The lowest BCUT2D eigenvalue weighted by atomic mass is 10.1. The minimum absolute atomic E-state index is 0.191. The van der Waals surface area contributed by atoms with Gasteiger partial charge in [-0.25, -0.2) is 4.39 Å². The highest BCUT2D eigenvalue weighted by molar-refractivity contribution is 6.99. The largest absolute Gasteiger partial charge is 0.207 e. The van der Waals surface area contributed by atoms with Crippen molar-refractivity contribution < 1.29 is 4.39 Å². The molecule has 0 atom stereocenters. The molecule has 14 heavy (non-hydrogen) atoms. The lowest BCUT2D eigenvalue weighted by Crippen LogP contribution is -1.91. The van der Waals surface area contributed by atoms with E-state index in [9.17, 15) is 4.39 Å². The van der Waals surface area contributed by atoms with Crippen molar-refractivity contribution in [2.24, 2.45) is 0 Å². The van der Waals surface area contributed by atoms with Gasteiger partial charge in [0.05, 0.1) is 23.6 Å². The van der Waals surface area contributed by atoms with E-state index in [-0.39, 0.29) is 5.82 Å². The van der Waals surface area contributed by atoms with Crippen LogP contribution in [-0.4, -0.2) is 8.75 Å². The Bertz CT molecular complexity index is 383. The fraction of sp³-hybridized carbons (Fsp3) is 0.200. The summed E-state index contributed by atoms with van der Waals surface area (Å²) in [5.74, 6) is -0.191. The van der Waals surface area contributed by atoms with Crippen molar-refractivity contribution in [3.8, 4) is 0 Å². The number of rotatable bonds is 3. The Morgan fingerprint density at radius 3 is 2.57 bits per heavy atom. The molecule has 0 amide bonds. The van der Waals surface area contributed by atoms with E-state index in [0.717, 1.165) is 24.1 Å². The molecular formula is C10H9FN2S. The van der Waals surface area contributed by atoms with Crippen LogP contribution in [0.15, 0.2) is 30.5 Å². The van der Waals surface area contributed by atoms with Crippen LogP contribution in [0.5, 0.6) is 0 Å². The normalized spacial score (nSPS) is 10.4. The van der Waals surface area contributed by atoms with Crippen molar-refractivity contribution >= 4 is 11.7 Å². The third kappa shape index (κ3) is 2.35. The lowest BCUT2D eigenvalue weighted by Gasteiger charge is -1.98. The number of aromatic nitrogens is 2. The van der Waals surface area contributed by atoms with E-state index in [2.05, 4.69) is 8.75 Å². The van der Waals surface area contributed by atoms with Crippen molar-refractivity contribution in [2.45, 2.75) is 12.8 Å². The number of hydrogen-bond donors (Lipinski definition) is 0. The van der Waals surface area contributed by atoms with Crippen LogP contribution < -0.4 is 0 Å². The van der Waals surface area contributed by atoms with E-state index in [4.69, 9.17) is 0 Å². The van der Waals surface area contributed by atoms with Gasteiger partial charge in [-0.2, -0.15) is 8.75 Å². The predicted octanol–water partition coefficient (Wildman–Crippen LogP) is 2.46. The van der Waals surface area contributed by atoms with E-state index < -0.39 is 0 Å². The molecule has 1 heterocycles. The molecule has 4 heteroatoms. The van der Waals surface area contributed by atoms with Gasteiger partial charge in [-0.1, -0.05) is 12.1 Å². The molecule has 0 radical (unpaired) electrons. The van der Waals surface area contributed by atoms with Gasteiger partial charge in [0.2, 0.25) is 0 Å². The molecule has 0 unspecified atom stereocenters. The van der Waals surface area contributed by atoms with Crippen LogP contribution in [0.25, 0.3) is 0 Å². The van der Waals surface area contributed by atoms with Crippen molar-refractivity contribution in [1.29, 1.82) is 0 Å². The second-order valence-electron chi connectivity index (χ2n) is 3.03. The molecular weight excluding hydrogens is 199 g/mol. The molecule has 0 N–H and O–H groups in total. The zero-order valence-electron chi connectivity index (χ0n) is 7.48. The van der Waals surface area contributed by atoms with Crippen LogP contribution in [0.1, 0.15) is 11.3 Å². The van der Waals surface area contributed by atoms with Crippen LogP contribution in [0.2, 0.25) is 0 Å². The molecule has 0 saturated heterocycles. The smallest absolute Gasteiger partial charge is 0.123 e. The second kappa shape index (κ2) is 4.28. The average molecular weight is 208 g/mol. The Kier molecular flexibility index (Phi) is 2.84. The molecule has 0 aliphatic rings. The zero-order chi connectivity index (χ0) is 9.80. The molecule has 0 saturated carbocycles. The minimum Gasteiger partial charge on any atom is -0.207 e. The fourth-order valence-electron chi connectivity index (χ4n) is 1.22. The first-order chi connectivity index (χ1) is 6.84. The summed E-state index contributed by atoms with van der Waals surface area (Å²) < 4.78 is 20.6. The molecule has 0 aliphatic carbocycles. The van der Waals surface area contributed by atoms with Crippen molar-refractivity contribution in [3.05, 3.63) is 47.5 Å². The highest BCUT2D eigenvalue weighted by Crippen LogP contribution is 2.07. The summed E-state index contributed by atoms with van der Waals surface area (Å²) in [6.45, 7) is 0. The number of aryl methyl sites for hydroxylation is 2. The number of nitrogens with zero attached hydrogens (tertiary/aromatic N) is 2. The summed E-state index contributed by atoms with van der Waals surface area (Å²) in [4.78, 5) is 0. The third-order valence-corrected chi connectivity index (χ3v) is 2.51. The van der Waals surface area contributed by atoms with Gasteiger partial charge in [-0.3, -0.25) is 0 Å². The summed E-state index contributed by atoms with van der Waals surface area (Å²) in [6, 6.07) is 6.56. The Morgan fingerprint density at radius 2 is 1.93 bits per heavy atom. The molecule has 2 nitrogen and oxygen atoms in total. The highest BCUT2D eigenvalue weighted by Gasteiger charge is 1.98. The molecule has 2 aromatic rings. The van der Waals surface area contributed by atoms with E-state index in [0.29, 0.717) is 0 Å². The van der Waals surface area contributed by atoms with Gasteiger partial charge < -0.3 is 0 Å². The van der Waals surface area contributed by atoms with Crippen molar-refractivity contribution in [3.63, 3.8) is 0 Å². The maximum atomic E-state index is 12.6. The number of benzene rings is 1. The Balaban J connectivity index is 1.95. The molecule has 0 bridgehead atoms. The standard InChI is InChI=1S/C10H9FN2S/c11-9-4-1-8(2-5-9)3-6-10-7-12-14-13-10/h1-2,4-5,7H,3,6H2. The molecule has 0 aliphatic heterocycles. The van der Waals surface area contributed by atoms with E-state index in [1.807, 2.05) is 0 Å². The number of hydrogen-bond acceptors (Lipinski definition) is 3. The fourth-order valence-corrected chi connectivity index (χ4v) is 1.68. The number of halogens is 1. The summed E-state index contributed by atoms with van der Waals surface area (Å²) in [7, 11) is 0. The summed E-state index contributed by atoms with van der Waals surface area (Å²) in [5.41, 5.74) is 2.12. The van der Waals surface area contributed by atoms with E-state index >= 15 is 0 Å². The first-order valence-electron chi connectivity index (χ1n) is 4.35. The molecule has 1 aromatic carbocycles. The second-order valence-corrected chi connectivity index (χ2v) is 3.58.